The maximum Gasteiger partial charge on any atom is 0.227 e. The molecular formula is C23H26N4O4S. The molecule has 0 spiro atoms. The number of carbonyl (C=O) groups is 1. The molecule has 1 aromatic carbocycles. The molecule has 1 aliphatic rings. The van der Waals surface area contributed by atoms with Crippen molar-refractivity contribution in [3.63, 3.8) is 0 Å². The summed E-state index contributed by atoms with van der Waals surface area (Å²) in [6.45, 7) is 2.82. The van der Waals surface area contributed by atoms with Crippen LogP contribution in [0, 0.1) is 0 Å². The molecule has 9 heteroatoms. The van der Waals surface area contributed by atoms with Crippen LogP contribution >= 0.6 is 11.3 Å². The van der Waals surface area contributed by atoms with E-state index in [1.165, 1.54) is 0 Å². The van der Waals surface area contributed by atoms with Gasteiger partial charge in [-0.25, -0.2) is 0 Å². The zero-order valence-electron chi connectivity index (χ0n) is 18.4. The first-order valence-electron chi connectivity index (χ1n) is 10.3. The molecule has 0 saturated carbocycles. The highest BCUT2D eigenvalue weighted by Gasteiger charge is 2.23. The van der Waals surface area contributed by atoms with Crippen molar-refractivity contribution >= 4 is 23.1 Å². The Kier molecular flexibility index (Phi) is 6.75. The molecular weight excluding hydrogens is 428 g/mol. The van der Waals surface area contributed by atoms with Crippen LogP contribution in [0.1, 0.15) is 4.88 Å². The lowest BCUT2D eigenvalue weighted by molar-refractivity contribution is -0.130. The molecule has 0 bridgehead atoms. The van der Waals surface area contributed by atoms with Crippen molar-refractivity contribution < 1.29 is 19.0 Å². The Labute approximate surface area is 191 Å². The predicted molar refractivity (Wildman–Crippen MR) is 124 cm³/mol. The first kappa shape index (κ1) is 21.9. The van der Waals surface area contributed by atoms with Crippen molar-refractivity contribution in [1.29, 1.82) is 0 Å². The lowest BCUT2D eigenvalue weighted by atomic mass is 10.1. The second-order valence-electron chi connectivity index (χ2n) is 7.31. The second kappa shape index (κ2) is 9.86. The van der Waals surface area contributed by atoms with Crippen LogP contribution in [0.2, 0.25) is 0 Å². The van der Waals surface area contributed by atoms with Crippen LogP contribution in [0.25, 0.3) is 11.3 Å². The molecule has 3 heterocycles. The van der Waals surface area contributed by atoms with Crippen LogP contribution in [0.15, 0.2) is 41.8 Å². The Morgan fingerprint density at radius 1 is 0.969 bits per heavy atom. The van der Waals surface area contributed by atoms with E-state index >= 15 is 0 Å². The second-order valence-corrected chi connectivity index (χ2v) is 8.35. The topological polar surface area (TPSA) is 77.0 Å². The lowest BCUT2D eigenvalue weighted by Crippen LogP contribution is -2.49. The molecule has 1 fully saturated rings. The number of methoxy groups -OCH3 is 3. The molecule has 4 rings (SSSR count). The van der Waals surface area contributed by atoms with E-state index in [-0.39, 0.29) is 5.91 Å². The molecule has 3 aromatic rings. The third-order valence-electron chi connectivity index (χ3n) is 5.47. The molecule has 1 saturated heterocycles. The summed E-state index contributed by atoms with van der Waals surface area (Å²) in [4.78, 5) is 17.7. The van der Waals surface area contributed by atoms with Crippen molar-refractivity contribution in [1.82, 2.24) is 15.1 Å². The molecule has 0 aliphatic carbocycles. The van der Waals surface area contributed by atoms with Crippen molar-refractivity contribution in [3.05, 3.63) is 46.7 Å². The van der Waals surface area contributed by atoms with Gasteiger partial charge in [0.25, 0.3) is 0 Å². The highest BCUT2D eigenvalue weighted by molar-refractivity contribution is 7.10. The van der Waals surface area contributed by atoms with Crippen LogP contribution in [0.3, 0.4) is 0 Å². The number of carbonyl (C=O) groups excluding carboxylic acids is 1. The Morgan fingerprint density at radius 2 is 1.69 bits per heavy atom. The SMILES string of the molecule is COc1cc(-c2ccc(N3CCN(C(=O)Cc4cccs4)CC3)nn2)cc(OC)c1OC. The van der Waals surface area contributed by atoms with Gasteiger partial charge >= 0.3 is 0 Å². The minimum atomic E-state index is 0.177. The fourth-order valence-corrected chi connectivity index (χ4v) is 4.43. The van der Waals surface area contributed by atoms with Crippen molar-refractivity contribution in [3.8, 4) is 28.5 Å². The van der Waals surface area contributed by atoms with E-state index in [9.17, 15) is 4.79 Å². The quantitative estimate of drug-likeness (QED) is 0.543. The summed E-state index contributed by atoms with van der Waals surface area (Å²) < 4.78 is 16.2. The van der Waals surface area contributed by atoms with Crippen molar-refractivity contribution in [2.45, 2.75) is 6.42 Å². The first-order valence-corrected chi connectivity index (χ1v) is 11.2. The van der Waals surface area contributed by atoms with E-state index in [2.05, 4.69) is 15.1 Å². The van der Waals surface area contributed by atoms with Gasteiger partial charge in [-0.3, -0.25) is 4.79 Å². The average Bonchev–Trinajstić information content (AvgIpc) is 3.36. The lowest BCUT2D eigenvalue weighted by Gasteiger charge is -2.35. The number of anilines is 1. The Bertz CT molecular complexity index is 1020. The number of benzene rings is 1. The van der Waals surface area contributed by atoms with Crippen LogP contribution in [0.4, 0.5) is 5.82 Å². The van der Waals surface area contributed by atoms with Gasteiger partial charge in [-0.1, -0.05) is 6.07 Å². The smallest absolute Gasteiger partial charge is 0.227 e. The number of nitrogens with zero attached hydrogens (tertiary/aromatic N) is 4. The fraction of sp³-hybridized carbons (Fsp3) is 0.348. The van der Waals surface area contributed by atoms with Crippen LogP contribution in [-0.2, 0) is 11.2 Å². The van der Waals surface area contributed by atoms with Gasteiger partial charge in [0, 0.05) is 36.6 Å². The van der Waals surface area contributed by atoms with E-state index in [4.69, 9.17) is 14.2 Å². The van der Waals surface area contributed by atoms with Gasteiger partial charge in [0.15, 0.2) is 17.3 Å². The fourth-order valence-electron chi connectivity index (χ4n) is 3.74. The summed E-state index contributed by atoms with van der Waals surface area (Å²) in [6, 6.07) is 11.6. The van der Waals surface area contributed by atoms with E-state index in [1.54, 1.807) is 32.7 Å². The van der Waals surface area contributed by atoms with Gasteiger partial charge < -0.3 is 24.0 Å². The number of thiophene rings is 1. The molecule has 0 unspecified atom stereocenters. The number of rotatable bonds is 7. The number of hydrogen-bond acceptors (Lipinski definition) is 8. The highest BCUT2D eigenvalue weighted by Crippen LogP contribution is 2.40. The van der Waals surface area contributed by atoms with Gasteiger partial charge in [-0.05, 0) is 35.7 Å². The summed E-state index contributed by atoms with van der Waals surface area (Å²) >= 11 is 1.62. The van der Waals surface area contributed by atoms with Gasteiger partial charge in [0.05, 0.1) is 33.4 Å². The average molecular weight is 455 g/mol. The molecule has 1 aliphatic heterocycles. The minimum Gasteiger partial charge on any atom is -0.493 e. The van der Waals surface area contributed by atoms with Crippen LogP contribution in [-0.4, -0.2) is 68.5 Å². The number of aromatic nitrogens is 2. The molecule has 8 nitrogen and oxygen atoms in total. The largest absolute Gasteiger partial charge is 0.493 e. The third-order valence-corrected chi connectivity index (χ3v) is 6.35. The molecule has 1 amide bonds. The van der Waals surface area contributed by atoms with Gasteiger partial charge in [0.2, 0.25) is 11.7 Å². The van der Waals surface area contributed by atoms with Gasteiger partial charge in [0.1, 0.15) is 0 Å². The normalized spacial score (nSPS) is 13.7. The summed E-state index contributed by atoms with van der Waals surface area (Å²) in [5.41, 5.74) is 1.53. The molecule has 32 heavy (non-hydrogen) atoms. The molecule has 2 aromatic heterocycles. The van der Waals surface area contributed by atoms with Gasteiger partial charge in [-0.2, -0.15) is 0 Å². The number of hydrogen-bond donors (Lipinski definition) is 0. The first-order chi connectivity index (χ1) is 15.6. The summed E-state index contributed by atoms with van der Waals surface area (Å²) in [7, 11) is 4.74. The zero-order valence-corrected chi connectivity index (χ0v) is 19.2. The molecule has 0 atom stereocenters. The third kappa shape index (κ3) is 4.62. The number of amides is 1. The van der Waals surface area contributed by atoms with Crippen molar-refractivity contribution in [2.24, 2.45) is 0 Å². The van der Waals surface area contributed by atoms with Crippen LogP contribution in [0.5, 0.6) is 17.2 Å². The van der Waals surface area contributed by atoms with E-state index < -0.39 is 0 Å². The van der Waals surface area contributed by atoms with E-state index in [1.807, 2.05) is 46.7 Å². The number of ether oxygens (including phenoxy) is 3. The summed E-state index contributed by atoms with van der Waals surface area (Å²) in [6.07, 6.45) is 0.473. The van der Waals surface area contributed by atoms with Crippen LogP contribution < -0.4 is 19.1 Å². The summed E-state index contributed by atoms with van der Waals surface area (Å²) in [5.74, 6) is 2.64. The van der Waals surface area contributed by atoms with E-state index in [0.29, 0.717) is 42.5 Å². The Morgan fingerprint density at radius 3 is 2.22 bits per heavy atom. The van der Waals surface area contributed by atoms with Crippen molar-refractivity contribution in [2.75, 3.05) is 52.4 Å². The molecule has 0 N–H and O–H groups in total. The van der Waals surface area contributed by atoms with E-state index in [0.717, 1.165) is 29.3 Å². The Hall–Kier alpha value is -3.33. The monoisotopic (exact) mass is 454 g/mol. The standard InChI is InChI=1S/C23H26N4O4S/c1-29-19-13-16(14-20(30-2)23(19)31-3)18-6-7-21(25-24-18)26-8-10-27(11-9-26)22(28)15-17-5-4-12-32-17/h4-7,12-14H,8-11,15H2,1-3H3. The number of piperazine rings is 1. The summed E-state index contributed by atoms with van der Waals surface area (Å²) in [5, 5.41) is 10.8. The maximum atomic E-state index is 12.5. The highest BCUT2D eigenvalue weighted by atomic mass is 32.1. The molecule has 168 valence electrons. The maximum absolute atomic E-state index is 12.5. The zero-order chi connectivity index (χ0) is 22.5. The molecule has 0 radical (unpaired) electrons. The predicted octanol–water partition coefficient (Wildman–Crippen LogP) is 3.12. The minimum absolute atomic E-state index is 0.177. The van der Waals surface area contributed by atoms with Gasteiger partial charge in [-0.15, -0.1) is 21.5 Å². The Balaban J connectivity index is 1.42.